The normalized spacial score (nSPS) is 11.8. The molecule has 2 aromatic carbocycles. The summed E-state index contributed by atoms with van der Waals surface area (Å²) in [6.07, 6.45) is -0.363. The molecule has 0 aliphatic carbocycles. The van der Waals surface area contributed by atoms with Crippen LogP contribution in [0, 0.1) is 0 Å². The second kappa shape index (κ2) is 9.31. The van der Waals surface area contributed by atoms with Gasteiger partial charge in [-0.1, -0.05) is 36.4 Å². The fraction of sp³-hybridized carbons (Fsp3) is 0.458. The molecule has 0 aliphatic heterocycles. The average Bonchev–Trinajstić information content (AvgIpc) is 2.67. The Bertz CT molecular complexity index is 809. The van der Waals surface area contributed by atoms with Crippen LogP contribution in [0.5, 0.6) is 5.75 Å². The molecule has 5 nitrogen and oxygen atoms in total. The van der Waals surface area contributed by atoms with E-state index in [9.17, 15) is 4.79 Å². The van der Waals surface area contributed by atoms with Crippen molar-refractivity contribution in [1.29, 1.82) is 0 Å². The van der Waals surface area contributed by atoms with Gasteiger partial charge in [0.1, 0.15) is 18.0 Å². The predicted molar refractivity (Wildman–Crippen MR) is 116 cm³/mol. The number of methoxy groups -OCH3 is 1. The highest BCUT2D eigenvalue weighted by atomic mass is 16.6. The number of carbonyl (C=O) groups is 1. The Balaban J connectivity index is 2.14. The average molecular weight is 400 g/mol. The van der Waals surface area contributed by atoms with Crippen molar-refractivity contribution >= 4 is 6.09 Å². The zero-order chi connectivity index (χ0) is 21.7. The van der Waals surface area contributed by atoms with E-state index in [0.29, 0.717) is 13.2 Å². The van der Waals surface area contributed by atoms with E-state index in [0.717, 1.165) is 22.4 Å². The van der Waals surface area contributed by atoms with E-state index in [1.165, 1.54) is 4.90 Å². The summed E-state index contributed by atoms with van der Waals surface area (Å²) in [5.41, 5.74) is 2.16. The zero-order valence-corrected chi connectivity index (χ0v) is 18.6. The number of hydrogen-bond donors (Lipinski definition) is 0. The van der Waals surface area contributed by atoms with E-state index in [-0.39, 0.29) is 6.09 Å². The summed E-state index contributed by atoms with van der Waals surface area (Å²) in [6.45, 7) is 10.3. The van der Waals surface area contributed by atoms with Crippen molar-refractivity contribution in [2.75, 3.05) is 27.3 Å². The van der Waals surface area contributed by atoms with Gasteiger partial charge in [-0.15, -0.1) is 0 Å². The highest BCUT2D eigenvalue weighted by molar-refractivity contribution is 5.68. The molecular formula is C24H33NO4. The predicted octanol–water partition coefficient (Wildman–Crippen LogP) is 5.48. The first-order valence-corrected chi connectivity index (χ1v) is 9.85. The van der Waals surface area contributed by atoms with Crippen LogP contribution in [-0.4, -0.2) is 43.9 Å². The van der Waals surface area contributed by atoms with Gasteiger partial charge in [-0.2, -0.15) is 0 Å². The Kier molecular flexibility index (Phi) is 7.31. The molecule has 5 heteroatoms. The molecule has 1 amide bonds. The van der Waals surface area contributed by atoms with Crippen LogP contribution in [0.4, 0.5) is 4.79 Å². The minimum atomic E-state index is -0.519. The molecule has 158 valence electrons. The summed E-state index contributed by atoms with van der Waals surface area (Å²) in [4.78, 5) is 13.6. The van der Waals surface area contributed by atoms with E-state index in [4.69, 9.17) is 14.2 Å². The summed E-state index contributed by atoms with van der Waals surface area (Å²) in [5.74, 6) is 0.745. The number of benzene rings is 2. The van der Waals surface area contributed by atoms with Gasteiger partial charge in [-0.25, -0.2) is 4.79 Å². The second-order valence-electron chi connectivity index (χ2n) is 8.54. The van der Waals surface area contributed by atoms with Gasteiger partial charge in [0.05, 0.1) is 12.1 Å². The first kappa shape index (κ1) is 22.8. The van der Waals surface area contributed by atoms with Crippen LogP contribution < -0.4 is 4.74 Å². The smallest absolute Gasteiger partial charge is 0.410 e. The quantitative estimate of drug-likeness (QED) is 0.618. The Morgan fingerprint density at radius 1 is 0.966 bits per heavy atom. The lowest BCUT2D eigenvalue weighted by atomic mass is 9.93. The van der Waals surface area contributed by atoms with Gasteiger partial charge in [0.2, 0.25) is 0 Å². The summed E-state index contributed by atoms with van der Waals surface area (Å²) in [5, 5.41) is 0. The lowest BCUT2D eigenvalue weighted by molar-refractivity contribution is 0.0157. The lowest BCUT2D eigenvalue weighted by Crippen LogP contribution is -2.36. The number of carbonyl (C=O) groups excluding carboxylic acids is 1. The second-order valence-corrected chi connectivity index (χ2v) is 8.54. The molecule has 2 aromatic rings. The van der Waals surface area contributed by atoms with Crippen LogP contribution in [0.2, 0.25) is 0 Å². The topological polar surface area (TPSA) is 48.0 Å². The van der Waals surface area contributed by atoms with Crippen molar-refractivity contribution in [3.8, 4) is 16.9 Å². The fourth-order valence-electron chi connectivity index (χ4n) is 2.77. The largest absolute Gasteiger partial charge is 0.491 e. The number of ether oxygens (including phenoxy) is 3. The lowest BCUT2D eigenvalue weighted by Gasteiger charge is -2.28. The van der Waals surface area contributed by atoms with Gasteiger partial charge in [-0.05, 0) is 57.9 Å². The highest BCUT2D eigenvalue weighted by Crippen LogP contribution is 2.35. The van der Waals surface area contributed by atoms with Gasteiger partial charge in [-0.3, -0.25) is 0 Å². The van der Waals surface area contributed by atoms with Crippen LogP contribution in [-0.2, 0) is 15.1 Å². The minimum Gasteiger partial charge on any atom is -0.491 e. The van der Waals surface area contributed by atoms with Gasteiger partial charge in [0, 0.05) is 19.7 Å². The van der Waals surface area contributed by atoms with E-state index in [1.54, 1.807) is 14.2 Å². The van der Waals surface area contributed by atoms with Crippen LogP contribution in [0.15, 0.2) is 48.5 Å². The molecule has 0 fully saturated rings. The molecule has 0 aliphatic rings. The van der Waals surface area contributed by atoms with E-state index < -0.39 is 11.2 Å². The molecule has 0 bridgehead atoms. The molecule has 0 heterocycles. The maximum Gasteiger partial charge on any atom is 0.410 e. The van der Waals surface area contributed by atoms with Crippen molar-refractivity contribution < 1.29 is 19.0 Å². The highest BCUT2D eigenvalue weighted by Gasteiger charge is 2.25. The molecule has 0 atom stereocenters. The molecule has 0 unspecified atom stereocenters. The third kappa shape index (κ3) is 6.50. The molecule has 0 aromatic heterocycles. The number of nitrogens with zero attached hydrogens (tertiary/aromatic N) is 1. The Morgan fingerprint density at radius 3 is 2.21 bits per heavy atom. The zero-order valence-electron chi connectivity index (χ0n) is 18.6. The Hall–Kier alpha value is -2.53. The number of likely N-dealkylation sites (N-methyl/N-ethyl adjacent to an activating group) is 1. The van der Waals surface area contributed by atoms with E-state index >= 15 is 0 Å². The standard InChI is InChI=1S/C24H33NO4/c1-23(2,3)29-22(26)25(6)15-16-28-21-14-13-19(18-11-9-8-10-12-18)17-20(21)24(4,5)27-7/h8-14,17H,15-16H2,1-7H3. The monoisotopic (exact) mass is 399 g/mol. The van der Waals surface area contributed by atoms with Crippen LogP contribution in [0.3, 0.4) is 0 Å². The van der Waals surface area contributed by atoms with Crippen LogP contribution in [0.25, 0.3) is 11.1 Å². The number of amides is 1. The van der Waals surface area contributed by atoms with E-state index in [1.807, 2.05) is 65.0 Å². The molecule has 29 heavy (non-hydrogen) atoms. The van der Waals surface area contributed by atoms with Crippen LogP contribution >= 0.6 is 0 Å². The van der Waals surface area contributed by atoms with Crippen molar-refractivity contribution in [1.82, 2.24) is 4.90 Å². The van der Waals surface area contributed by atoms with E-state index in [2.05, 4.69) is 18.2 Å². The Morgan fingerprint density at radius 2 is 1.62 bits per heavy atom. The van der Waals surface area contributed by atoms with Crippen molar-refractivity contribution in [2.45, 2.75) is 45.8 Å². The number of hydrogen-bond acceptors (Lipinski definition) is 4. The summed E-state index contributed by atoms with van der Waals surface area (Å²) >= 11 is 0. The minimum absolute atomic E-state index is 0.354. The molecule has 0 spiro atoms. The maximum atomic E-state index is 12.1. The third-order valence-electron chi connectivity index (χ3n) is 4.64. The van der Waals surface area contributed by atoms with Crippen LogP contribution in [0.1, 0.15) is 40.2 Å². The summed E-state index contributed by atoms with van der Waals surface area (Å²) in [7, 11) is 3.39. The molecule has 0 radical (unpaired) electrons. The summed E-state index contributed by atoms with van der Waals surface area (Å²) < 4.78 is 17.1. The van der Waals surface area contributed by atoms with Gasteiger partial charge in [0.15, 0.2) is 0 Å². The van der Waals surface area contributed by atoms with Gasteiger partial charge >= 0.3 is 6.09 Å². The molecule has 2 rings (SSSR count). The fourth-order valence-corrected chi connectivity index (χ4v) is 2.77. The SMILES string of the molecule is COC(C)(C)c1cc(-c2ccccc2)ccc1OCCN(C)C(=O)OC(C)(C)C. The van der Waals surface area contributed by atoms with Crippen molar-refractivity contribution in [3.05, 3.63) is 54.1 Å². The summed E-state index contributed by atoms with van der Waals surface area (Å²) in [6, 6.07) is 16.3. The molecule has 0 saturated heterocycles. The molecule has 0 N–H and O–H groups in total. The van der Waals surface area contributed by atoms with Crippen molar-refractivity contribution in [2.24, 2.45) is 0 Å². The first-order chi connectivity index (χ1) is 13.5. The van der Waals surface area contributed by atoms with Crippen molar-refractivity contribution in [3.63, 3.8) is 0 Å². The third-order valence-corrected chi connectivity index (χ3v) is 4.64. The number of rotatable bonds is 7. The van der Waals surface area contributed by atoms with Gasteiger partial charge < -0.3 is 19.1 Å². The van der Waals surface area contributed by atoms with Gasteiger partial charge in [0.25, 0.3) is 0 Å². The first-order valence-electron chi connectivity index (χ1n) is 9.85. The molecular weight excluding hydrogens is 366 g/mol. The molecule has 0 saturated carbocycles. The Labute approximate surface area is 174 Å². The maximum absolute atomic E-state index is 12.1.